The third-order valence-electron chi connectivity index (χ3n) is 2.45. The van der Waals surface area contributed by atoms with E-state index < -0.39 is 0 Å². The highest BCUT2D eigenvalue weighted by Crippen LogP contribution is 2.24. The van der Waals surface area contributed by atoms with Crippen LogP contribution in [0, 0.1) is 0 Å². The van der Waals surface area contributed by atoms with Crippen molar-refractivity contribution in [1.29, 1.82) is 0 Å². The third-order valence-corrected chi connectivity index (χ3v) is 2.92. The topological polar surface area (TPSA) is 43.7 Å². The summed E-state index contributed by atoms with van der Waals surface area (Å²) in [6.07, 6.45) is 0.622. The maximum Gasteiger partial charge on any atom is 0.0731 e. The number of anilines is 1. The van der Waals surface area contributed by atoms with Crippen molar-refractivity contribution in [3.63, 3.8) is 0 Å². The lowest BCUT2D eigenvalue weighted by Crippen LogP contribution is -2.20. The van der Waals surface area contributed by atoms with Crippen LogP contribution in [0.5, 0.6) is 0 Å². The number of aliphatic hydroxyl groups is 1. The summed E-state index contributed by atoms with van der Waals surface area (Å²) < 4.78 is 8.91. The summed E-state index contributed by atoms with van der Waals surface area (Å²) in [4.78, 5) is 2.97. The molecular formula is C10H13NO2S. The van der Waals surface area contributed by atoms with Crippen molar-refractivity contribution in [3.05, 3.63) is 24.3 Å². The Balaban J connectivity index is 2.15. The molecule has 0 amide bonds. The van der Waals surface area contributed by atoms with Crippen LogP contribution in [0.15, 0.2) is 29.2 Å². The Morgan fingerprint density at radius 2 is 2.29 bits per heavy atom. The van der Waals surface area contributed by atoms with Crippen LogP contribution in [-0.2, 0) is 0 Å². The minimum Gasteiger partial charge on any atom is -0.391 e. The van der Waals surface area contributed by atoms with Gasteiger partial charge in [0.1, 0.15) is 0 Å². The molecule has 1 atom stereocenters. The molecule has 0 saturated carbocycles. The summed E-state index contributed by atoms with van der Waals surface area (Å²) in [5.41, 5.74) is 1.07. The van der Waals surface area contributed by atoms with Crippen molar-refractivity contribution in [3.8, 4) is 0 Å². The van der Waals surface area contributed by atoms with Crippen LogP contribution in [0.2, 0.25) is 0 Å². The molecule has 0 aliphatic carbocycles. The standard InChI is InChI=1S/C10H13NO2S/c12-9-4-5-11(7-9)8-2-1-3-10(6-8)14-13/h1-3,6,9,12-13H,4-5,7H2. The van der Waals surface area contributed by atoms with Gasteiger partial charge in [-0.1, -0.05) is 6.07 Å². The Labute approximate surface area is 87.6 Å². The van der Waals surface area contributed by atoms with E-state index in [4.69, 9.17) is 4.55 Å². The van der Waals surface area contributed by atoms with Crippen LogP contribution in [0.25, 0.3) is 0 Å². The highest BCUT2D eigenvalue weighted by atomic mass is 32.2. The quantitative estimate of drug-likeness (QED) is 0.732. The molecule has 1 fully saturated rings. The van der Waals surface area contributed by atoms with E-state index in [0.29, 0.717) is 6.54 Å². The lowest BCUT2D eigenvalue weighted by molar-refractivity contribution is 0.198. The van der Waals surface area contributed by atoms with Crippen molar-refractivity contribution in [2.45, 2.75) is 17.4 Å². The first-order valence-corrected chi connectivity index (χ1v) is 5.41. The fourth-order valence-electron chi connectivity index (χ4n) is 1.71. The monoisotopic (exact) mass is 211 g/mol. The lowest BCUT2D eigenvalue weighted by atomic mass is 10.3. The number of β-amino-alcohol motifs (C(OH)–C–C–N with tert-alkyl or cyclic N) is 1. The number of hydrogen-bond donors (Lipinski definition) is 2. The Morgan fingerprint density at radius 1 is 1.43 bits per heavy atom. The summed E-state index contributed by atoms with van der Waals surface area (Å²) in [5.74, 6) is 0. The smallest absolute Gasteiger partial charge is 0.0731 e. The number of aliphatic hydroxyl groups excluding tert-OH is 1. The van der Waals surface area contributed by atoms with Gasteiger partial charge in [-0.3, -0.25) is 0 Å². The van der Waals surface area contributed by atoms with Crippen molar-refractivity contribution in [1.82, 2.24) is 0 Å². The Kier molecular flexibility index (Phi) is 2.96. The molecule has 2 rings (SSSR count). The van der Waals surface area contributed by atoms with Crippen LogP contribution in [0.1, 0.15) is 6.42 Å². The minimum atomic E-state index is -0.208. The fraction of sp³-hybridized carbons (Fsp3) is 0.400. The second kappa shape index (κ2) is 4.21. The molecule has 1 saturated heterocycles. The van der Waals surface area contributed by atoms with Gasteiger partial charge >= 0.3 is 0 Å². The molecule has 1 aliphatic heterocycles. The molecule has 1 unspecified atom stereocenters. The number of benzene rings is 1. The molecule has 76 valence electrons. The molecule has 1 aromatic rings. The molecule has 1 aliphatic rings. The predicted molar refractivity (Wildman–Crippen MR) is 57.8 cm³/mol. The van der Waals surface area contributed by atoms with Gasteiger partial charge in [0.25, 0.3) is 0 Å². The van der Waals surface area contributed by atoms with Crippen LogP contribution < -0.4 is 4.90 Å². The molecule has 4 heteroatoms. The first-order chi connectivity index (χ1) is 6.79. The van der Waals surface area contributed by atoms with Gasteiger partial charge in [0.15, 0.2) is 0 Å². The molecule has 0 bridgehead atoms. The Bertz CT molecular complexity index is 319. The van der Waals surface area contributed by atoms with E-state index in [0.717, 1.165) is 35.6 Å². The van der Waals surface area contributed by atoms with Crippen LogP contribution >= 0.6 is 12.0 Å². The SMILES string of the molecule is OSc1cccc(N2CCC(O)C2)c1. The number of hydrogen-bond acceptors (Lipinski definition) is 4. The zero-order valence-electron chi connectivity index (χ0n) is 7.76. The van der Waals surface area contributed by atoms with Crippen LogP contribution in [0.3, 0.4) is 0 Å². The summed E-state index contributed by atoms with van der Waals surface area (Å²) >= 11 is 0.753. The van der Waals surface area contributed by atoms with E-state index >= 15 is 0 Å². The summed E-state index contributed by atoms with van der Waals surface area (Å²) in [7, 11) is 0. The Morgan fingerprint density at radius 3 is 2.93 bits per heavy atom. The highest BCUT2D eigenvalue weighted by Gasteiger charge is 2.20. The van der Waals surface area contributed by atoms with E-state index in [-0.39, 0.29) is 6.10 Å². The largest absolute Gasteiger partial charge is 0.391 e. The zero-order valence-corrected chi connectivity index (χ0v) is 8.57. The maximum absolute atomic E-state index is 9.39. The highest BCUT2D eigenvalue weighted by molar-refractivity contribution is 7.93. The summed E-state index contributed by atoms with van der Waals surface area (Å²) in [5, 5.41) is 9.39. The molecule has 0 spiro atoms. The molecule has 1 heterocycles. The van der Waals surface area contributed by atoms with Gasteiger partial charge in [-0.05, 0) is 24.6 Å². The second-order valence-electron chi connectivity index (χ2n) is 3.48. The van der Waals surface area contributed by atoms with E-state index in [1.165, 1.54) is 0 Å². The number of nitrogens with zero attached hydrogens (tertiary/aromatic N) is 1. The van der Waals surface area contributed by atoms with Gasteiger partial charge in [0.2, 0.25) is 0 Å². The Hall–Kier alpha value is -0.710. The van der Waals surface area contributed by atoms with E-state index in [1.807, 2.05) is 24.3 Å². The molecule has 0 aromatic heterocycles. The van der Waals surface area contributed by atoms with Crippen molar-refractivity contribution in [2.75, 3.05) is 18.0 Å². The maximum atomic E-state index is 9.39. The molecule has 2 N–H and O–H groups in total. The molecule has 14 heavy (non-hydrogen) atoms. The van der Waals surface area contributed by atoms with Gasteiger partial charge < -0.3 is 14.6 Å². The van der Waals surface area contributed by atoms with Gasteiger partial charge in [-0.25, -0.2) is 0 Å². The van der Waals surface area contributed by atoms with Crippen LogP contribution in [-0.4, -0.2) is 28.9 Å². The molecular weight excluding hydrogens is 198 g/mol. The predicted octanol–water partition coefficient (Wildman–Crippen LogP) is 1.82. The fourth-order valence-corrected chi connectivity index (χ4v) is 2.03. The van der Waals surface area contributed by atoms with E-state index in [9.17, 15) is 5.11 Å². The van der Waals surface area contributed by atoms with Gasteiger partial charge in [0, 0.05) is 35.7 Å². The third kappa shape index (κ3) is 2.03. The van der Waals surface area contributed by atoms with Crippen molar-refractivity contribution < 1.29 is 9.66 Å². The first kappa shape index (κ1) is 9.83. The van der Waals surface area contributed by atoms with Crippen LogP contribution in [0.4, 0.5) is 5.69 Å². The average molecular weight is 211 g/mol. The van der Waals surface area contributed by atoms with Gasteiger partial charge in [0.05, 0.1) is 6.10 Å². The zero-order chi connectivity index (χ0) is 9.97. The number of rotatable bonds is 2. The van der Waals surface area contributed by atoms with Crippen molar-refractivity contribution >= 4 is 17.7 Å². The molecule has 0 radical (unpaired) electrons. The second-order valence-corrected chi connectivity index (χ2v) is 4.13. The van der Waals surface area contributed by atoms with Gasteiger partial charge in [-0.15, -0.1) is 0 Å². The van der Waals surface area contributed by atoms with E-state index in [1.54, 1.807) is 0 Å². The van der Waals surface area contributed by atoms with Gasteiger partial charge in [-0.2, -0.15) is 0 Å². The first-order valence-electron chi connectivity index (χ1n) is 4.64. The average Bonchev–Trinajstić information content (AvgIpc) is 2.65. The summed E-state index contributed by atoms with van der Waals surface area (Å²) in [6.45, 7) is 1.58. The normalized spacial score (nSPS) is 21.6. The molecule has 1 aromatic carbocycles. The van der Waals surface area contributed by atoms with Crippen molar-refractivity contribution in [2.24, 2.45) is 0 Å². The minimum absolute atomic E-state index is 0.208. The molecule has 3 nitrogen and oxygen atoms in total. The van der Waals surface area contributed by atoms with E-state index in [2.05, 4.69) is 4.90 Å². The lowest BCUT2D eigenvalue weighted by Gasteiger charge is -2.17. The summed E-state index contributed by atoms with van der Waals surface area (Å²) in [6, 6.07) is 7.71.